The topological polar surface area (TPSA) is 98.3 Å². The molecular formula is C14H21N3O3. The van der Waals surface area contributed by atoms with E-state index in [1.165, 1.54) is 24.3 Å². The molecule has 1 rings (SSSR count). The molecule has 1 aromatic carbocycles. The van der Waals surface area contributed by atoms with Crippen LogP contribution >= 0.6 is 0 Å². The molecule has 0 saturated heterocycles. The highest BCUT2D eigenvalue weighted by atomic mass is 16.6. The number of nitro benzene ring substituents is 1. The lowest BCUT2D eigenvalue weighted by molar-refractivity contribution is -0.384. The van der Waals surface area contributed by atoms with Crippen molar-refractivity contribution >= 4 is 17.3 Å². The summed E-state index contributed by atoms with van der Waals surface area (Å²) >= 11 is 0. The highest BCUT2D eigenvalue weighted by Crippen LogP contribution is 2.18. The molecule has 0 aliphatic carbocycles. The van der Waals surface area contributed by atoms with Crippen LogP contribution in [-0.2, 0) is 4.79 Å². The second kappa shape index (κ2) is 7.59. The maximum absolute atomic E-state index is 11.9. The second-order valence-electron chi connectivity index (χ2n) is 5.29. The number of rotatable bonds is 7. The van der Waals surface area contributed by atoms with Crippen molar-refractivity contribution in [1.29, 1.82) is 0 Å². The number of carbonyl (C=O) groups is 1. The van der Waals surface area contributed by atoms with E-state index in [1.807, 2.05) is 0 Å². The fourth-order valence-corrected chi connectivity index (χ4v) is 2.07. The molecule has 0 radical (unpaired) electrons. The van der Waals surface area contributed by atoms with E-state index in [4.69, 9.17) is 5.73 Å². The van der Waals surface area contributed by atoms with Gasteiger partial charge in [-0.15, -0.1) is 0 Å². The van der Waals surface area contributed by atoms with Crippen LogP contribution in [0.4, 0.5) is 11.4 Å². The van der Waals surface area contributed by atoms with Crippen LogP contribution in [0.3, 0.4) is 0 Å². The van der Waals surface area contributed by atoms with Crippen LogP contribution in [0.25, 0.3) is 0 Å². The van der Waals surface area contributed by atoms with Gasteiger partial charge < -0.3 is 11.1 Å². The lowest BCUT2D eigenvalue weighted by Crippen LogP contribution is -2.23. The molecule has 20 heavy (non-hydrogen) atoms. The van der Waals surface area contributed by atoms with Crippen LogP contribution in [0.1, 0.15) is 26.7 Å². The van der Waals surface area contributed by atoms with E-state index in [0.29, 0.717) is 24.6 Å². The molecule has 6 nitrogen and oxygen atoms in total. The number of anilines is 1. The van der Waals surface area contributed by atoms with Gasteiger partial charge in [0.1, 0.15) is 0 Å². The van der Waals surface area contributed by atoms with Crippen LogP contribution in [0, 0.1) is 22.0 Å². The first kappa shape index (κ1) is 16.1. The molecule has 0 bridgehead atoms. The first-order valence-corrected chi connectivity index (χ1v) is 6.66. The number of non-ortho nitro benzene ring substituents is 1. The predicted molar refractivity (Wildman–Crippen MR) is 78.3 cm³/mol. The normalized spacial score (nSPS) is 12.2. The van der Waals surface area contributed by atoms with Gasteiger partial charge in [-0.3, -0.25) is 14.9 Å². The quantitative estimate of drug-likeness (QED) is 0.592. The van der Waals surface area contributed by atoms with Crippen molar-refractivity contribution in [3.8, 4) is 0 Å². The van der Waals surface area contributed by atoms with Crippen LogP contribution in [0.2, 0.25) is 0 Å². The van der Waals surface area contributed by atoms with Gasteiger partial charge in [0.25, 0.3) is 5.69 Å². The number of nitro groups is 1. The molecule has 0 fully saturated rings. The number of amides is 1. The fraction of sp³-hybridized carbons (Fsp3) is 0.500. The lowest BCUT2D eigenvalue weighted by atomic mass is 9.94. The summed E-state index contributed by atoms with van der Waals surface area (Å²) < 4.78 is 0. The van der Waals surface area contributed by atoms with E-state index in [2.05, 4.69) is 19.2 Å². The highest BCUT2D eigenvalue weighted by Gasteiger charge is 2.14. The molecule has 1 aromatic rings. The number of hydrogen-bond acceptors (Lipinski definition) is 4. The minimum Gasteiger partial charge on any atom is -0.330 e. The molecule has 3 N–H and O–H groups in total. The summed E-state index contributed by atoms with van der Waals surface area (Å²) in [5.41, 5.74) is 6.22. The first-order chi connectivity index (χ1) is 9.42. The minimum absolute atomic E-state index is 0.00245. The third-order valence-electron chi connectivity index (χ3n) is 2.97. The number of carbonyl (C=O) groups excluding carboxylic acids is 1. The molecule has 0 aliphatic rings. The average Bonchev–Trinajstić information content (AvgIpc) is 2.37. The Labute approximate surface area is 118 Å². The summed E-state index contributed by atoms with van der Waals surface area (Å²) in [6.45, 7) is 4.67. The van der Waals surface area contributed by atoms with Gasteiger partial charge in [-0.25, -0.2) is 0 Å². The Bertz CT molecular complexity index is 457. The number of benzene rings is 1. The second-order valence-corrected chi connectivity index (χ2v) is 5.29. The van der Waals surface area contributed by atoms with Crippen LogP contribution in [0.5, 0.6) is 0 Å². The van der Waals surface area contributed by atoms with Crippen molar-refractivity contribution in [2.45, 2.75) is 26.7 Å². The zero-order valence-corrected chi connectivity index (χ0v) is 11.8. The Morgan fingerprint density at radius 3 is 2.40 bits per heavy atom. The van der Waals surface area contributed by atoms with E-state index < -0.39 is 4.92 Å². The van der Waals surface area contributed by atoms with Gasteiger partial charge in [0, 0.05) is 24.2 Å². The smallest absolute Gasteiger partial charge is 0.269 e. The molecular weight excluding hydrogens is 258 g/mol. The van der Waals surface area contributed by atoms with Crippen molar-refractivity contribution in [3.05, 3.63) is 34.4 Å². The standard InChI is InChI=1S/C14H21N3O3/c1-10(2)7-11(9-15)8-14(18)16-12-3-5-13(6-4-12)17(19)20/h3-6,10-11H,7-9,15H2,1-2H3,(H,16,18)/t11-/m0/s1. The molecule has 0 aliphatic heterocycles. The van der Waals surface area contributed by atoms with E-state index in [1.54, 1.807) is 0 Å². The van der Waals surface area contributed by atoms with Gasteiger partial charge in [-0.2, -0.15) is 0 Å². The van der Waals surface area contributed by atoms with Crippen molar-refractivity contribution in [3.63, 3.8) is 0 Å². The van der Waals surface area contributed by atoms with Gasteiger partial charge in [-0.1, -0.05) is 13.8 Å². The molecule has 0 heterocycles. The summed E-state index contributed by atoms with van der Waals surface area (Å²) in [4.78, 5) is 21.9. The zero-order chi connectivity index (χ0) is 15.1. The van der Waals surface area contributed by atoms with Crippen molar-refractivity contribution in [2.75, 3.05) is 11.9 Å². The Kier molecular flexibility index (Phi) is 6.11. The summed E-state index contributed by atoms with van der Waals surface area (Å²) in [6, 6.07) is 5.78. The SMILES string of the molecule is CC(C)C[C@H](CN)CC(=O)Nc1ccc([N+](=O)[O-])cc1. The van der Waals surface area contributed by atoms with Crippen molar-refractivity contribution < 1.29 is 9.72 Å². The largest absolute Gasteiger partial charge is 0.330 e. The van der Waals surface area contributed by atoms with E-state index >= 15 is 0 Å². The minimum atomic E-state index is -0.474. The number of nitrogens with zero attached hydrogens (tertiary/aromatic N) is 1. The summed E-state index contributed by atoms with van der Waals surface area (Å²) in [5, 5.41) is 13.3. The zero-order valence-electron chi connectivity index (χ0n) is 11.8. The van der Waals surface area contributed by atoms with E-state index in [-0.39, 0.29) is 17.5 Å². The Morgan fingerprint density at radius 2 is 1.95 bits per heavy atom. The molecule has 0 saturated carbocycles. The highest BCUT2D eigenvalue weighted by molar-refractivity contribution is 5.90. The van der Waals surface area contributed by atoms with Gasteiger partial charge in [0.2, 0.25) is 5.91 Å². The van der Waals surface area contributed by atoms with Gasteiger partial charge >= 0.3 is 0 Å². The maximum atomic E-state index is 11.9. The Hall–Kier alpha value is -1.95. The third kappa shape index (κ3) is 5.36. The van der Waals surface area contributed by atoms with Crippen LogP contribution in [0.15, 0.2) is 24.3 Å². The monoisotopic (exact) mass is 279 g/mol. The van der Waals surface area contributed by atoms with Crippen molar-refractivity contribution in [1.82, 2.24) is 0 Å². The molecule has 1 amide bonds. The van der Waals surface area contributed by atoms with Crippen molar-refractivity contribution in [2.24, 2.45) is 17.6 Å². The molecule has 0 unspecified atom stereocenters. The summed E-state index contributed by atoms with van der Waals surface area (Å²) in [7, 11) is 0. The number of hydrogen-bond donors (Lipinski definition) is 2. The van der Waals surface area contributed by atoms with Gasteiger partial charge in [0.15, 0.2) is 0 Å². The molecule has 110 valence electrons. The van der Waals surface area contributed by atoms with Gasteiger partial charge in [0.05, 0.1) is 4.92 Å². The fourth-order valence-electron chi connectivity index (χ4n) is 2.07. The molecule has 6 heteroatoms. The lowest BCUT2D eigenvalue weighted by Gasteiger charge is -2.16. The van der Waals surface area contributed by atoms with Gasteiger partial charge in [-0.05, 0) is 36.9 Å². The molecule has 1 atom stereocenters. The third-order valence-corrected chi connectivity index (χ3v) is 2.97. The predicted octanol–water partition coefficient (Wildman–Crippen LogP) is 2.54. The maximum Gasteiger partial charge on any atom is 0.269 e. The average molecular weight is 279 g/mol. The molecule has 0 aromatic heterocycles. The Balaban J connectivity index is 2.55. The number of nitrogens with one attached hydrogen (secondary N) is 1. The summed E-state index contributed by atoms with van der Waals surface area (Å²) in [5.74, 6) is 0.540. The first-order valence-electron chi connectivity index (χ1n) is 6.66. The van der Waals surface area contributed by atoms with E-state index in [9.17, 15) is 14.9 Å². The Morgan fingerprint density at radius 1 is 1.35 bits per heavy atom. The van der Waals surface area contributed by atoms with E-state index in [0.717, 1.165) is 6.42 Å². The summed E-state index contributed by atoms with van der Waals surface area (Å²) in [6.07, 6.45) is 1.27. The van der Waals surface area contributed by atoms with Crippen LogP contribution < -0.4 is 11.1 Å². The van der Waals surface area contributed by atoms with Crippen LogP contribution in [-0.4, -0.2) is 17.4 Å². The molecule has 0 spiro atoms. The number of nitrogens with two attached hydrogens (primary N) is 1.